The van der Waals surface area contributed by atoms with Gasteiger partial charge in [-0.25, -0.2) is 0 Å². The topological polar surface area (TPSA) is 64.3 Å². The molecule has 80 valence electrons. The molecule has 2 rings (SSSR count). The van der Waals surface area contributed by atoms with Crippen LogP contribution in [0.2, 0.25) is 0 Å². The van der Waals surface area contributed by atoms with Crippen LogP contribution in [-0.4, -0.2) is 19.1 Å². The van der Waals surface area contributed by atoms with E-state index in [2.05, 4.69) is 5.32 Å². The summed E-state index contributed by atoms with van der Waals surface area (Å²) >= 11 is 0. The molecule has 1 amide bonds. The van der Waals surface area contributed by atoms with Crippen molar-refractivity contribution in [1.82, 2.24) is 0 Å². The van der Waals surface area contributed by atoms with Crippen molar-refractivity contribution in [2.75, 3.05) is 12.4 Å². The van der Waals surface area contributed by atoms with Crippen LogP contribution in [0, 0.1) is 0 Å². The minimum Gasteiger partial charge on any atom is -0.497 e. The second kappa shape index (κ2) is 3.90. The predicted molar refractivity (Wildman–Crippen MR) is 57.9 cm³/mol. The Balaban J connectivity index is 2.34. The molecule has 4 nitrogen and oxygen atoms in total. The van der Waals surface area contributed by atoms with E-state index in [1.54, 1.807) is 7.11 Å². The molecule has 0 aliphatic carbocycles. The van der Waals surface area contributed by atoms with E-state index < -0.39 is 6.04 Å². The number of hydrogen-bond acceptors (Lipinski definition) is 3. The highest BCUT2D eigenvalue weighted by Gasteiger charge is 2.19. The van der Waals surface area contributed by atoms with Gasteiger partial charge in [-0.3, -0.25) is 4.79 Å². The van der Waals surface area contributed by atoms with Gasteiger partial charge in [0.2, 0.25) is 5.91 Å². The molecule has 1 aromatic carbocycles. The normalized spacial score (nSPS) is 20.1. The van der Waals surface area contributed by atoms with E-state index in [9.17, 15) is 4.79 Å². The minimum absolute atomic E-state index is 0.112. The number of fused-ring (bicyclic) bond motifs is 1. The first-order valence-electron chi connectivity index (χ1n) is 4.94. The van der Waals surface area contributed by atoms with Crippen molar-refractivity contribution in [3.05, 3.63) is 23.8 Å². The molecule has 1 aliphatic heterocycles. The lowest BCUT2D eigenvalue weighted by Gasteiger charge is -2.08. The number of rotatable bonds is 1. The van der Waals surface area contributed by atoms with Gasteiger partial charge in [0, 0.05) is 5.69 Å². The van der Waals surface area contributed by atoms with Gasteiger partial charge in [-0.2, -0.15) is 0 Å². The molecule has 0 saturated carbocycles. The molecule has 1 aromatic rings. The van der Waals surface area contributed by atoms with Gasteiger partial charge in [0.1, 0.15) is 5.75 Å². The van der Waals surface area contributed by atoms with Gasteiger partial charge < -0.3 is 15.8 Å². The molecular weight excluding hydrogens is 192 g/mol. The lowest BCUT2D eigenvalue weighted by molar-refractivity contribution is -0.117. The Labute approximate surface area is 88.4 Å². The molecule has 1 heterocycles. The largest absolute Gasteiger partial charge is 0.497 e. The van der Waals surface area contributed by atoms with Crippen LogP contribution >= 0.6 is 0 Å². The molecule has 15 heavy (non-hydrogen) atoms. The van der Waals surface area contributed by atoms with E-state index in [4.69, 9.17) is 10.5 Å². The monoisotopic (exact) mass is 206 g/mol. The maximum atomic E-state index is 11.5. The zero-order valence-electron chi connectivity index (χ0n) is 8.62. The maximum absolute atomic E-state index is 11.5. The summed E-state index contributed by atoms with van der Waals surface area (Å²) in [6, 6.07) is 5.21. The summed E-state index contributed by atoms with van der Waals surface area (Å²) in [6.07, 6.45) is 1.47. The number of hydrogen-bond donors (Lipinski definition) is 2. The number of aryl methyl sites for hydroxylation is 1. The molecule has 0 fully saturated rings. The molecule has 0 spiro atoms. The SMILES string of the molecule is COc1ccc2c(c1)CCC(N)C(=O)N2. The van der Waals surface area contributed by atoms with Gasteiger partial charge in [-0.1, -0.05) is 0 Å². The summed E-state index contributed by atoms with van der Waals surface area (Å²) in [7, 11) is 1.63. The molecule has 1 unspecified atom stereocenters. The number of benzene rings is 1. The zero-order valence-corrected chi connectivity index (χ0v) is 8.62. The molecule has 0 saturated heterocycles. The van der Waals surface area contributed by atoms with E-state index in [-0.39, 0.29) is 5.91 Å². The maximum Gasteiger partial charge on any atom is 0.241 e. The van der Waals surface area contributed by atoms with Crippen LogP contribution in [0.25, 0.3) is 0 Å². The number of amides is 1. The number of nitrogens with one attached hydrogen (secondary N) is 1. The van der Waals surface area contributed by atoms with Crippen LogP contribution in [0.1, 0.15) is 12.0 Å². The van der Waals surface area contributed by atoms with Gasteiger partial charge in [0.25, 0.3) is 0 Å². The Morgan fingerprint density at radius 2 is 2.33 bits per heavy atom. The molecule has 1 atom stereocenters. The Kier molecular flexibility index (Phi) is 2.60. The van der Waals surface area contributed by atoms with Crippen molar-refractivity contribution >= 4 is 11.6 Å². The van der Waals surface area contributed by atoms with Gasteiger partial charge in [-0.15, -0.1) is 0 Å². The first kappa shape index (κ1) is 9.98. The number of ether oxygens (including phenoxy) is 1. The number of carbonyl (C=O) groups excluding carboxylic acids is 1. The molecule has 3 N–H and O–H groups in total. The quantitative estimate of drug-likeness (QED) is 0.717. The van der Waals surface area contributed by atoms with Gasteiger partial charge >= 0.3 is 0 Å². The van der Waals surface area contributed by atoms with E-state index in [0.717, 1.165) is 23.4 Å². The van der Waals surface area contributed by atoms with Crippen LogP contribution in [0.4, 0.5) is 5.69 Å². The van der Waals surface area contributed by atoms with Crippen molar-refractivity contribution in [3.8, 4) is 5.75 Å². The van der Waals surface area contributed by atoms with Crippen molar-refractivity contribution in [2.24, 2.45) is 5.73 Å². The Morgan fingerprint density at radius 3 is 3.07 bits per heavy atom. The van der Waals surface area contributed by atoms with Gasteiger partial charge in [0.05, 0.1) is 13.2 Å². The third-order valence-electron chi connectivity index (χ3n) is 2.63. The molecule has 1 aliphatic rings. The number of nitrogens with two attached hydrogens (primary N) is 1. The predicted octanol–water partition coefficient (Wildman–Crippen LogP) is 0.907. The van der Waals surface area contributed by atoms with Crippen LogP contribution in [-0.2, 0) is 11.2 Å². The molecule has 0 bridgehead atoms. The second-order valence-electron chi connectivity index (χ2n) is 3.66. The van der Waals surface area contributed by atoms with Gasteiger partial charge in [0.15, 0.2) is 0 Å². The minimum atomic E-state index is -0.414. The number of anilines is 1. The first-order valence-corrected chi connectivity index (χ1v) is 4.94. The summed E-state index contributed by atoms with van der Waals surface area (Å²) in [5, 5.41) is 2.80. The lowest BCUT2D eigenvalue weighted by atomic mass is 10.1. The smallest absolute Gasteiger partial charge is 0.241 e. The number of carbonyl (C=O) groups is 1. The fraction of sp³-hybridized carbons (Fsp3) is 0.364. The lowest BCUT2D eigenvalue weighted by Crippen LogP contribution is -2.34. The van der Waals surface area contributed by atoms with E-state index >= 15 is 0 Å². The third kappa shape index (κ3) is 1.94. The molecule has 0 aromatic heterocycles. The fourth-order valence-electron chi connectivity index (χ4n) is 1.69. The highest BCUT2D eigenvalue weighted by atomic mass is 16.5. The molecule has 0 radical (unpaired) electrons. The average Bonchev–Trinajstić information content (AvgIpc) is 2.39. The fourth-order valence-corrected chi connectivity index (χ4v) is 1.69. The summed E-state index contributed by atoms with van der Waals surface area (Å²) in [5.41, 5.74) is 7.61. The number of methoxy groups -OCH3 is 1. The summed E-state index contributed by atoms with van der Waals surface area (Å²) < 4.78 is 5.13. The van der Waals surface area contributed by atoms with Crippen LogP contribution in [0.5, 0.6) is 5.75 Å². The zero-order chi connectivity index (χ0) is 10.8. The highest BCUT2D eigenvalue weighted by molar-refractivity contribution is 5.96. The Morgan fingerprint density at radius 1 is 1.53 bits per heavy atom. The summed E-state index contributed by atoms with van der Waals surface area (Å²) in [6.45, 7) is 0. The van der Waals surface area contributed by atoms with Crippen LogP contribution in [0.15, 0.2) is 18.2 Å². The Bertz CT molecular complexity index is 390. The highest BCUT2D eigenvalue weighted by Crippen LogP contribution is 2.25. The standard InChI is InChI=1S/C11H14N2O2/c1-15-8-3-5-10-7(6-8)2-4-9(12)11(14)13-10/h3,5-6,9H,2,4,12H2,1H3,(H,13,14). The summed E-state index contributed by atoms with van der Waals surface area (Å²) in [4.78, 5) is 11.5. The average molecular weight is 206 g/mol. The van der Waals surface area contributed by atoms with Crippen LogP contribution in [0.3, 0.4) is 0 Å². The van der Waals surface area contributed by atoms with Crippen molar-refractivity contribution in [3.63, 3.8) is 0 Å². The van der Waals surface area contributed by atoms with E-state index in [1.165, 1.54) is 0 Å². The van der Waals surface area contributed by atoms with Crippen molar-refractivity contribution in [2.45, 2.75) is 18.9 Å². The molecule has 4 heteroatoms. The van der Waals surface area contributed by atoms with Crippen molar-refractivity contribution in [1.29, 1.82) is 0 Å². The van der Waals surface area contributed by atoms with Crippen LogP contribution < -0.4 is 15.8 Å². The van der Waals surface area contributed by atoms with E-state index in [0.29, 0.717) is 6.42 Å². The van der Waals surface area contributed by atoms with Gasteiger partial charge in [-0.05, 0) is 36.6 Å². The van der Waals surface area contributed by atoms with Crippen molar-refractivity contribution < 1.29 is 9.53 Å². The summed E-state index contributed by atoms with van der Waals surface area (Å²) in [5.74, 6) is 0.692. The second-order valence-corrected chi connectivity index (χ2v) is 3.66. The Hall–Kier alpha value is -1.55. The third-order valence-corrected chi connectivity index (χ3v) is 2.63. The first-order chi connectivity index (χ1) is 7.20. The van der Waals surface area contributed by atoms with E-state index in [1.807, 2.05) is 18.2 Å². The molecular formula is C11H14N2O2.